The molecule has 0 aliphatic heterocycles. The lowest BCUT2D eigenvalue weighted by Gasteiger charge is -2.14. The monoisotopic (exact) mass is 417 g/mol. The van der Waals surface area contributed by atoms with Gasteiger partial charge in [-0.3, -0.25) is 4.72 Å². The second kappa shape index (κ2) is 5.87. The fraction of sp³-hybridized carbons (Fsp3) is 0.143. The van der Waals surface area contributed by atoms with Crippen molar-refractivity contribution in [1.82, 2.24) is 0 Å². The molecular weight excluding hydrogens is 406 g/mol. The summed E-state index contributed by atoms with van der Waals surface area (Å²) in [5, 5.41) is 0. The van der Waals surface area contributed by atoms with Gasteiger partial charge >= 0.3 is 0 Å². The quantitative estimate of drug-likeness (QED) is 0.789. The lowest BCUT2D eigenvalue weighted by atomic mass is 10.1. The van der Waals surface area contributed by atoms with Crippen LogP contribution in [-0.2, 0) is 10.0 Å². The van der Waals surface area contributed by atoms with Crippen molar-refractivity contribution in [2.45, 2.75) is 18.7 Å². The van der Waals surface area contributed by atoms with Gasteiger partial charge in [-0.25, -0.2) is 8.42 Å². The van der Waals surface area contributed by atoms with Gasteiger partial charge in [0.05, 0.1) is 5.69 Å². The Hall–Kier alpha value is -0.850. The van der Waals surface area contributed by atoms with Crippen LogP contribution in [0.5, 0.6) is 0 Å². The Morgan fingerprint density at radius 1 is 1.00 bits per heavy atom. The summed E-state index contributed by atoms with van der Waals surface area (Å²) in [6.45, 7) is 3.83. The summed E-state index contributed by atoms with van der Waals surface area (Å²) in [4.78, 5) is 0.215. The smallest absolute Gasteiger partial charge is 0.263 e. The molecule has 0 fully saturated rings. The number of hydrogen-bond acceptors (Lipinski definition) is 2. The molecule has 0 aliphatic rings. The van der Waals surface area contributed by atoms with Crippen molar-refractivity contribution < 1.29 is 8.42 Å². The second-order valence-corrected chi connectivity index (χ2v) is 7.83. The first-order valence-electron chi connectivity index (χ1n) is 5.85. The zero-order chi connectivity index (χ0) is 14.9. The topological polar surface area (TPSA) is 46.2 Å². The van der Waals surface area contributed by atoms with Crippen molar-refractivity contribution in [1.29, 1.82) is 0 Å². The van der Waals surface area contributed by atoms with Gasteiger partial charge in [0.1, 0.15) is 4.90 Å². The van der Waals surface area contributed by atoms with Crippen molar-refractivity contribution >= 4 is 47.6 Å². The molecule has 0 aromatic heterocycles. The summed E-state index contributed by atoms with van der Waals surface area (Å²) in [5.41, 5.74) is 2.50. The molecule has 0 radical (unpaired) electrons. The van der Waals surface area contributed by atoms with Gasteiger partial charge in [0.25, 0.3) is 10.0 Å². The Bertz CT molecular complexity index is 735. The SMILES string of the molecule is Cc1cc(C)c(NS(=O)(=O)c2ccccc2Br)c(Br)c1. The van der Waals surface area contributed by atoms with Crippen molar-refractivity contribution in [3.63, 3.8) is 0 Å². The van der Waals surface area contributed by atoms with Gasteiger partial charge < -0.3 is 0 Å². The van der Waals surface area contributed by atoms with Crippen LogP contribution in [0.15, 0.2) is 50.2 Å². The standard InChI is InChI=1S/C14H13Br2NO2S/c1-9-7-10(2)14(12(16)8-9)17-20(18,19)13-6-4-3-5-11(13)15/h3-8,17H,1-2H3. The van der Waals surface area contributed by atoms with Gasteiger partial charge in [0.2, 0.25) is 0 Å². The lowest BCUT2D eigenvalue weighted by Crippen LogP contribution is -2.14. The molecule has 0 amide bonds. The third-order valence-corrected chi connectivity index (χ3v) is 5.78. The van der Waals surface area contributed by atoms with Crippen LogP contribution in [0.4, 0.5) is 5.69 Å². The minimum absolute atomic E-state index is 0.215. The molecule has 0 saturated heterocycles. The Morgan fingerprint density at radius 3 is 2.25 bits per heavy atom. The molecule has 2 rings (SSSR count). The summed E-state index contributed by atoms with van der Waals surface area (Å²) >= 11 is 6.67. The van der Waals surface area contributed by atoms with E-state index in [0.29, 0.717) is 10.2 Å². The van der Waals surface area contributed by atoms with E-state index in [4.69, 9.17) is 0 Å². The number of hydrogen-bond donors (Lipinski definition) is 1. The van der Waals surface area contributed by atoms with Crippen LogP contribution in [0, 0.1) is 13.8 Å². The van der Waals surface area contributed by atoms with Gasteiger partial charge in [-0.15, -0.1) is 0 Å². The molecule has 2 aromatic carbocycles. The molecule has 0 spiro atoms. The molecule has 0 unspecified atom stereocenters. The number of anilines is 1. The maximum Gasteiger partial charge on any atom is 0.263 e. The van der Waals surface area contributed by atoms with E-state index >= 15 is 0 Å². The Balaban J connectivity index is 2.47. The minimum Gasteiger partial charge on any atom is -0.278 e. The van der Waals surface area contributed by atoms with Gasteiger partial charge in [-0.2, -0.15) is 0 Å². The zero-order valence-electron chi connectivity index (χ0n) is 10.9. The van der Waals surface area contributed by atoms with Crippen molar-refractivity contribution in [3.8, 4) is 0 Å². The van der Waals surface area contributed by atoms with Crippen LogP contribution in [-0.4, -0.2) is 8.42 Å². The molecule has 106 valence electrons. The molecule has 1 N–H and O–H groups in total. The van der Waals surface area contributed by atoms with E-state index in [1.165, 1.54) is 0 Å². The Kier molecular flexibility index (Phi) is 4.56. The largest absolute Gasteiger partial charge is 0.278 e. The van der Waals surface area contributed by atoms with E-state index < -0.39 is 10.0 Å². The normalized spacial score (nSPS) is 11.4. The third-order valence-electron chi connectivity index (χ3n) is 2.79. The fourth-order valence-corrected chi connectivity index (χ4v) is 4.96. The molecule has 20 heavy (non-hydrogen) atoms. The average Bonchev–Trinajstić information content (AvgIpc) is 2.34. The van der Waals surface area contributed by atoms with Crippen LogP contribution in [0.1, 0.15) is 11.1 Å². The van der Waals surface area contributed by atoms with Crippen LogP contribution in [0.25, 0.3) is 0 Å². The summed E-state index contributed by atoms with van der Waals surface area (Å²) in [6, 6.07) is 10.5. The molecule has 0 heterocycles. The summed E-state index contributed by atoms with van der Waals surface area (Å²) in [5.74, 6) is 0. The predicted molar refractivity (Wildman–Crippen MR) is 88.6 cm³/mol. The van der Waals surface area contributed by atoms with Crippen LogP contribution >= 0.6 is 31.9 Å². The van der Waals surface area contributed by atoms with E-state index in [2.05, 4.69) is 36.6 Å². The zero-order valence-corrected chi connectivity index (χ0v) is 14.9. The predicted octanol–water partition coefficient (Wildman–Crippen LogP) is 4.63. The summed E-state index contributed by atoms with van der Waals surface area (Å²) in [6.07, 6.45) is 0. The highest BCUT2D eigenvalue weighted by atomic mass is 79.9. The molecule has 0 atom stereocenters. The fourth-order valence-electron chi connectivity index (χ4n) is 1.90. The molecule has 0 aliphatic carbocycles. The van der Waals surface area contributed by atoms with E-state index in [1.807, 2.05) is 26.0 Å². The lowest BCUT2D eigenvalue weighted by molar-refractivity contribution is 0.600. The average molecular weight is 419 g/mol. The molecule has 3 nitrogen and oxygen atoms in total. The number of benzene rings is 2. The van der Waals surface area contributed by atoms with Gasteiger partial charge in [0.15, 0.2) is 0 Å². The van der Waals surface area contributed by atoms with E-state index in [9.17, 15) is 8.42 Å². The molecule has 0 saturated carbocycles. The highest BCUT2D eigenvalue weighted by molar-refractivity contribution is 9.11. The summed E-state index contributed by atoms with van der Waals surface area (Å²) in [7, 11) is -3.63. The number of aryl methyl sites for hydroxylation is 2. The van der Waals surface area contributed by atoms with Gasteiger partial charge in [0, 0.05) is 8.95 Å². The van der Waals surface area contributed by atoms with E-state index in [-0.39, 0.29) is 4.90 Å². The number of halogens is 2. The number of sulfonamides is 1. The first kappa shape index (κ1) is 15.5. The van der Waals surface area contributed by atoms with E-state index in [1.54, 1.807) is 24.3 Å². The maximum atomic E-state index is 12.4. The first-order chi connectivity index (χ1) is 9.31. The highest BCUT2D eigenvalue weighted by Crippen LogP contribution is 2.31. The van der Waals surface area contributed by atoms with Crippen LogP contribution < -0.4 is 4.72 Å². The van der Waals surface area contributed by atoms with Crippen LogP contribution in [0.3, 0.4) is 0 Å². The van der Waals surface area contributed by atoms with Gasteiger partial charge in [-0.1, -0.05) is 18.2 Å². The molecule has 2 aromatic rings. The Morgan fingerprint density at radius 2 is 1.65 bits per heavy atom. The molecule has 0 bridgehead atoms. The van der Waals surface area contributed by atoms with Crippen LogP contribution in [0.2, 0.25) is 0 Å². The van der Waals surface area contributed by atoms with Gasteiger partial charge in [-0.05, 0) is 75.0 Å². The maximum absolute atomic E-state index is 12.4. The molecule has 6 heteroatoms. The number of rotatable bonds is 3. The van der Waals surface area contributed by atoms with Crippen molar-refractivity contribution in [3.05, 3.63) is 56.5 Å². The second-order valence-electron chi connectivity index (χ2n) is 4.47. The highest BCUT2D eigenvalue weighted by Gasteiger charge is 2.19. The first-order valence-corrected chi connectivity index (χ1v) is 8.92. The van der Waals surface area contributed by atoms with Crippen molar-refractivity contribution in [2.75, 3.05) is 4.72 Å². The van der Waals surface area contributed by atoms with Crippen molar-refractivity contribution in [2.24, 2.45) is 0 Å². The summed E-state index contributed by atoms with van der Waals surface area (Å²) < 4.78 is 28.8. The van der Waals surface area contributed by atoms with E-state index in [0.717, 1.165) is 15.6 Å². The Labute approximate surface area is 135 Å². The minimum atomic E-state index is -3.63. The third kappa shape index (κ3) is 3.24. The molecular formula is C14H13Br2NO2S. The number of nitrogens with one attached hydrogen (secondary N) is 1.